The summed E-state index contributed by atoms with van der Waals surface area (Å²) in [5, 5.41) is 6.73. The zero-order valence-electron chi connectivity index (χ0n) is 20.5. The minimum atomic E-state index is -0.446. The van der Waals surface area contributed by atoms with E-state index in [9.17, 15) is 4.79 Å². The molecule has 31 heavy (non-hydrogen) atoms. The Kier molecular flexibility index (Phi) is 16.3. The molecule has 0 aromatic carbocycles. The Morgan fingerprint density at radius 2 is 2.00 bits per heavy atom. The van der Waals surface area contributed by atoms with Crippen LogP contribution in [0.1, 0.15) is 53.4 Å². The molecule has 184 valence electrons. The number of amides is 1. The lowest BCUT2D eigenvalue weighted by atomic mass is 9.95. The Bertz CT molecular complexity index is 514. The fourth-order valence-corrected chi connectivity index (χ4v) is 3.45. The number of methoxy groups -OCH3 is 1. The van der Waals surface area contributed by atoms with Crippen LogP contribution in [-0.2, 0) is 9.47 Å². The van der Waals surface area contributed by atoms with Crippen molar-refractivity contribution in [1.29, 1.82) is 0 Å². The third-order valence-electron chi connectivity index (χ3n) is 5.00. The van der Waals surface area contributed by atoms with Crippen molar-refractivity contribution >= 4 is 36.0 Å². The Labute approximate surface area is 206 Å². The highest BCUT2D eigenvalue weighted by molar-refractivity contribution is 14.0. The van der Waals surface area contributed by atoms with Gasteiger partial charge in [-0.2, -0.15) is 0 Å². The van der Waals surface area contributed by atoms with Crippen LogP contribution < -0.4 is 10.6 Å². The van der Waals surface area contributed by atoms with E-state index in [0.717, 1.165) is 84.1 Å². The summed E-state index contributed by atoms with van der Waals surface area (Å²) in [6.07, 6.45) is 4.00. The molecule has 0 spiro atoms. The van der Waals surface area contributed by atoms with Gasteiger partial charge in [0.25, 0.3) is 0 Å². The predicted molar refractivity (Wildman–Crippen MR) is 139 cm³/mol. The molecule has 1 heterocycles. The number of rotatable bonds is 11. The van der Waals surface area contributed by atoms with Crippen molar-refractivity contribution < 1.29 is 14.3 Å². The lowest BCUT2D eigenvalue weighted by Gasteiger charge is -2.34. The van der Waals surface area contributed by atoms with Gasteiger partial charge in [-0.1, -0.05) is 0 Å². The highest BCUT2D eigenvalue weighted by atomic mass is 127. The summed E-state index contributed by atoms with van der Waals surface area (Å²) in [6, 6.07) is 0. The molecule has 1 atom stereocenters. The van der Waals surface area contributed by atoms with E-state index >= 15 is 0 Å². The van der Waals surface area contributed by atoms with Crippen LogP contribution >= 0.6 is 24.0 Å². The van der Waals surface area contributed by atoms with E-state index in [1.165, 1.54) is 0 Å². The van der Waals surface area contributed by atoms with Crippen molar-refractivity contribution in [2.24, 2.45) is 10.9 Å². The number of hydrogen-bond acceptors (Lipinski definition) is 5. The quantitative estimate of drug-likeness (QED) is 0.177. The Morgan fingerprint density at radius 3 is 2.65 bits per heavy atom. The fourth-order valence-electron chi connectivity index (χ4n) is 3.45. The molecule has 0 bridgehead atoms. The maximum absolute atomic E-state index is 12.3. The first-order chi connectivity index (χ1) is 14.2. The summed E-state index contributed by atoms with van der Waals surface area (Å²) in [4.78, 5) is 21.2. The summed E-state index contributed by atoms with van der Waals surface area (Å²) in [6.45, 7) is 14.6. The van der Waals surface area contributed by atoms with Gasteiger partial charge in [0.1, 0.15) is 5.60 Å². The van der Waals surface area contributed by atoms with Gasteiger partial charge < -0.3 is 29.9 Å². The first-order valence-corrected chi connectivity index (χ1v) is 11.4. The standard InChI is InChI=1S/C22H45N5O3.HI/c1-7-23-20(25-13-16-26(5)14-9-17-29-6)24-12-11-19-10-8-15-27(18-19)21(28)30-22(2,3)4;/h19H,7-18H2,1-6H3,(H2,23,24,25);1H. The third kappa shape index (κ3) is 14.8. The molecule has 0 aromatic rings. The van der Waals surface area contributed by atoms with E-state index in [-0.39, 0.29) is 30.1 Å². The smallest absolute Gasteiger partial charge is 0.410 e. The monoisotopic (exact) mass is 555 g/mol. The number of likely N-dealkylation sites (tertiary alicyclic amines) is 1. The van der Waals surface area contributed by atoms with Gasteiger partial charge in [0.2, 0.25) is 0 Å². The molecule has 0 aromatic heterocycles. The van der Waals surface area contributed by atoms with E-state index < -0.39 is 5.60 Å². The maximum atomic E-state index is 12.3. The van der Waals surface area contributed by atoms with Crippen LogP contribution in [0.15, 0.2) is 4.99 Å². The van der Waals surface area contributed by atoms with Gasteiger partial charge in [0.15, 0.2) is 5.96 Å². The van der Waals surface area contributed by atoms with Crippen LogP contribution in [0.5, 0.6) is 0 Å². The van der Waals surface area contributed by atoms with Gasteiger partial charge in [-0.15, -0.1) is 24.0 Å². The second kappa shape index (κ2) is 16.8. The first-order valence-electron chi connectivity index (χ1n) is 11.4. The fraction of sp³-hybridized carbons (Fsp3) is 0.909. The molecule has 1 amide bonds. The molecule has 1 saturated heterocycles. The highest BCUT2D eigenvalue weighted by Gasteiger charge is 2.27. The average molecular weight is 556 g/mol. The zero-order valence-corrected chi connectivity index (χ0v) is 22.9. The Morgan fingerprint density at radius 1 is 1.26 bits per heavy atom. The van der Waals surface area contributed by atoms with Gasteiger partial charge in [-0.25, -0.2) is 4.79 Å². The summed E-state index contributed by atoms with van der Waals surface area (Å²) in [5.74, 6) is 1.34. The number of nitrogens with one attached hydrogen (secondary N) is 2. The number of likely N-dealkylation sites (N-methyl/N-ethyl adjacent to an activating group) is 1. The van der Waals surface area contributed by atoms with Crippen molar-refractivity contribution in [2.45, 2.75) is 59.0 Å². The Hall–Kier alpha value is -0.810. The van der Waals surface area contributed by atoms with E-state index in [4.69, 9.17) is 14.5 Å². The maximum Gasteiger partial charge on any atom is 0.410 e. The molecule has 9 heteroatoms. The minimum Gasteiger partial charge on any atom is -0.444 e. The summed E-state index contributed by atoms with van der Waals surface area (Å²) in [7, 11) is 3.87. The van der Waals surface area contributed by atoms with Crippen LogP contribution in [0.3, 0.4) is 0 Å². The number of piperidine rings is 1. The lowest BCUT2D eigenvalue weighted by Crippen LogP contribution is -2.43. The molecule has 1 fully saturated rings. The number of carbonyl (C=O) groups excluding carboxylic acids is 1. The number of carbonyl (C=O) groups is 1. The van der Waals surface area contributed by atoms with Crippen LogP contribution in [0.2, 0.25) is 0 Å². The van der Waals surface area contributed by atoms with Crippen molar-refractivity contribution in [1.82, 2.24) is 20.4 Å². The second-order valence-corrected chi connectivity index (χ2v) is 9.06. The number of nitrogens with zero attached hydrogens (tertiary/aromatic N) is 3. The number of guanidine groups is 1. The number of ether oxygens (including phenoxy) is 2. The van der Waals surface area contributed by atoms with E-state index in [2.05, 4.69) is 29.5 Å². The largest absolute Gasteiger partial charge is 0.444 e. The highest BCUT2D eigenvalue weighted by Crippen LogP contribution is 2.21. The molecule has 8 nitrogen and oxygen atoms in total. The second-order valence-electron chi connectivity index (χ2n) is 9.06. The normalized spacial score (nSPS) is 17.3. The molecular weight excluding hydrogens is 509 g/mol. The lowest BCUT2D eigenvalue weighted by molar-refractivity contribution is 0.0163. The van der Waals surface area contributed by atoms with Gasteiger partial charge in [-0.05, 0) is 66.3 Å². The summed E-state index contributed by atoms with van der Waals surface area (Å²) < 4.78 is 10.6. The van der Waals surface area contributed by atoms with Crippen LogP contribution in [0.4, 0.5) is 4.79 Å². The van der Waals surface area contributed by atoms with E-state index in [0.29, 0.717) is 5.92 Å². The van der Waals surface area contributed by atoms with Gasteiger partial charge >= 0.3 is 6.09 Å². The van der Waals surface area contributed by atoms with Crippen LogP contribution in [0.25, 0.3) is 0 Å². The first kappa shape index (κ1) is 30.2. The summed E-state index contributed by atoms with van der Waals surface area (Å²) >= 11 is 0. The molecule has 1 aliphatic heterocycles. The molecule has 1 rings (SSSR count). The number of aliphatic imine (C=N–C) groups is 1. The van der Waals surface area contributed by atoms with Gasteiger partial charge in [-0.3, -0.25) is 4.99 Å². The Balaban J connectivity index is 0.00000900. The molecule has 1 unspecified atom stereocenters. The van der Waals surface area contributed by atoms with Crippen LogP contribution in [-0.4, -0.2) is 94.0 Å². The zero-order chi connectivity index (χ0) is 22.4. The molecule has 1 aliphatic rings. The predicted octanol–water partition coefficient (Wildman–Crippen LogP) is 3.17. The third-order valence-corrected chi connectivity index (χ3v) is 5.00. The average Bonchev–Trinajstić information content (AvgIpc) is 2.67. The van der Waals surface area contributed by atoms with Crippen molar-refractivity contribution in [2.75, 3.05) is 66.6 Å². The van der Waals surface area contributed by atoms with Crippen molar-refractivity contribution in [3.63, 3.8) is 0 Å². The van der Waals surface area contributed by atoms with Gasteiger partial charge in [0.05, 0.1) is 0 Å². The summed E-state index contributed by atoms with van der Waals surface area (Å²) in [5.41, 5.74) is -0.446. The van der Waals surface area contributed by atoms with Crippen LogP contribution in [0, 0.1) is 5.92 Å². The van der Waals surface area contributed by atoms with E-state index in [1.807, 2.05) is 25.7 Å². The van der Waals surface area contributed by atoms with Crippen molar-refractivity contribution in [3.05, 3.63) is 0 Å². The molecule has 0 saturated carbocycles. The number of halogens is 1. The molecular formula is C22H46IN5O3. The number of hydrogen-bond donors (Lipinski definition) is 2. The van der Waals surface area contributed by atoms with E-state index in [1.54, 1.807) is 7.11 Å². The SMILES string of the molecule is CCNC(=NCCC1CCCN(C(=O)OC(C)(C)C)C1)NCCN(C)CCCOC.I. The topological polar surface area (TPSA) is 78.4 Å². The van der Waals surface area contributed by atoms with Gasteiger partial charge in [0, 0.05) is 59.5 Å². The minimum absolute atomic E-state index is 0. The molecule has 0 radical (unpaired) electrons. The molecule has 2 N–H and O–H groups in total. The molecule has 0 aliphatic carbocycles. The van der Waals surface area contributed by atoms with Crippen molar-refractivity contribution in [3.8, 4) is 0 Å².